The normalized spacial score (nSPS) is 10.6. The Hall–Kier alpha value is -1.47. The summed E-state index contributed by atoms with van der Waals surface area (Å²) < 4.78 is 5.09. The van der Waals surface area contributed by atoms with E-state index in [4.69, 9.17) is 15.6 Å². The fourth-order valence-corrected chi connectivity index (χ4v) is 1.60. The zero-order valence-corrected chi connectivity index (χ0v) is 7.99. The minimum absolute atomic E-state index is 0.0510. The molecule has 0 fully saturated rings. The molecule has 2 aromatic heterocycles. The molecule has 2 rings (SSSR count). The molecule has 0 aliphatic rings. The number of hydrogen-bond acceptors (Lipinski definition) is 7. The highest BCUT2D eigenvalue weighted by molar-refractivity contribution is 7.21. The second-order valence-electron chi connectivity index (χ2n) is 2.46. The van der Waals surface area contributed by atoms with Crippen LogP contribution in [-0.4, -0.2) is 33.3 Å². The van der Waals surface area contributed by atoms with Crippen LogP contribution >= 0.6 is 11.3 Å². The summed E-state index contributed by atoms with van der Waals surface area (Å²) in [5.41, 5.74) is 6.00. The summed E-state index contributed by atoms with van der Waals surface area (Å²) in [5.74, 6) is 0.371. The molecular formula is C7H8N4O2S. The number of fused-ring (bicyclic) bond motifs is 1. The van der Waals surface area contributed by atoms with Crippen LogP contribution in [0.3, 0.4) is 0 Å². The van der Waals surface area contributed by atoms with Crippen molar-refractivity contribution in [3.63, 3.8) is 0 Å². The third kappa shape index (κ3) is 1.73. The van der Waals surface area contributed by atoms with Crippen LogP contribution in [0.1, 0.15) is 0 Å². The van der Waals surface area contributed by atoms with E-state index in [1.54, 1.807) is 0 Å². The second-order valence-corrected chi connectivity index (χ2v) is 3.47. The molecule has 0 aliphatic carbocycles. The van der Waals surface area contributed by atoms with E-state index < -0.39 is 0 Å². The molecule has 0 radical (unpaired) electrons. The highest BCUT2D eigenvalue weighted by Crippen LogP contribution is 2.21. The van der Waals surface area contributed by atoms with E-state index in [9.17, 15) is 0 Å². The Morgan fingerprint density at radius 1 is 1.50 bits per heavy atom. The van der Waals surface area contributed by atoms with Gasteiger partial charge in [0.15, 0.2) is 15.6 Å². The van der Waals surface area contributed by atoms with Crippen LogP contribution in [0.15, 0.2) is 6.20 Å². The molecule has 14 heavy (non-hydrogen) atoms. The number of rotatable bonds is 3. The maximum absolute atomic E-state index is 8.54. The zero-order chi connectivity index (χ0) is 9.97. The summed E-state index contributed by atoms with van der Waals surface area (Å²) in [6.45, 7) is 0.152. The molecule has 2 aromatic rings. The number of ether oxygens (including phenoxy) is 1. The standard InChI is InChI=1S/C7H8N4O2S/c8-7-11-5-6(14-7)10-4(3-9-5)13-2-1-12/h3,12H,1-2H2,(H2,8,9,11). The number of nitrogens with zero attached hydrogens (tertiary/aromatic N) is 3. The highest BCUT2D eigenvalue weighted by Gasteiger charge is 2.05. The maximum Gasteiger partial charge on any atom is 0.233 e. The Bertz CT molecular complexity index is 444. The predicted octanol–water partition coefficient (Wildman–Crippen LogP) is 0.0396. The summed E-state index contributed by atoms with van der Waals surface area (Å²) >= 11 is 1.25. The lowest BCUT2D eigenvalue weighted by Gasteiger charge is -2.00. The third-order valence-electron chi connectivity index (χ3n) is 1.46. The first kappa shape index (κ1) is 9.10. The molecule has 6 nitrogen and oxygen atoms in total. The first-order valence-corrected chi connectivity index (χ1v) is 4.74. The molecule has 74 valence electrons. The molecule has 0 amide bonds. The summed E-state index contributed by atoms with van der Waals surface area (Å²) in [6, 6.07) is 0. The van der Waals surface area contributed by atoms with Crippen LogP contribution in [-0.2, 0) is 0 Å². The maximum atomic E-state index is 8.54. The monoisotopic (exact) mass is 212 g/mol. The van der Waals surface area contributed by atoms with Crippen molar-refractivity contribution >= 4 is 26.9 Å². The van der Waals surface area contributed by atoms with E-state index in [0.29, 0.717) is 21.5 Å². The van der Waals surface area contributed by atoms with Gasteiger partial charge in [-0.2, -0.15) is 9.97 Å². The summed E-state index contributed by atoms with van der Waals surface area (Å²) in [7, 11) is 0. The number of anilines is 1. The summed E-state index contributed by atoms with van der Waals surface area (Å²) in [4.78, 5) is 12.7. The smallest absolute Gasteiger partial charge is 0.233 e. The molecule has 0 aromatic carbocycles. The minimum Gasteiger partial charge on any atom is -0.474 e. The van der Waals surface area contributed by atoms with Crippen LogP contribution in [0.2, 0.25) is 0 Å². The molecule has 0 saturated heterocycles. The van der Waals surface area contributed by atoms with E-state index in [-0.39, 0.29) is 13.2 Å². The summed E-state index contributed by atoms with van der Waals surface area (Å²) in [5, 5.41) is 8.97. The molecule has 0 aliphatic heterocycles. The van der Waals surface area contributed by atoms with Gasteiger partial charge in [0, 0.05) is 0 Å². The quantitative estimate of drug-likeness (QED) is 0.746. The average molecular weight is 212 g/mol. The molecule has 0 saturated carbocycles. The van der Waals surface area contributed by atoms with Crippen molar-refractivity contribution in [1.29, 1.82) is 0 Å². The van der Waals surface area contributed by atoms with Crippen molar-refractivity contribution in [3.8, 4) is 5.88 Å². The van der Waals surface area contributed by atoms with Gasteiger partial charge < -0.3 is 15.6 Å². The molecule has 2 heterocycles. The van der Waals surface area contributed by atoms with Crippen LogP contribution in [0, 0.1) is 0 Å². The number of nitrogens with two attached hydrogens (primary N) is 1. The Kier molecular flexibility index (Phi) is 2.42. The lowest BCUT2D eigenvalue weighted by molar-refractivity contribution is 0.196. The minimum atomic E-state index is -0.0510. The molecule has 3 N–H and O–H groups in total. The van der Waals surface area contributed by atoms with Crippen molar-refractivity contribution in [2.45, 2.75) is 0 Å². The first-order valence-electron chi connectivity index (χ1n) is 3.92. The van der Waals surface area contributed by atoms with Gasteiger partial charge in [0.1, 0.15) is 6.61 Å². The van der Waals surface area contributed by atoms with E-state index in [0.717, 1.165) is 0 Å². The Morgan fingerprint density at radius 3 is 3.14 bits per heavy atom. The van der Waals surface area contributed by atoms with Crippen LogP contribution in [0.4, 0.5) is 5.13 Å². The van der Waals surface area contributed by atoms with Gasteiger partial charge >= 0.3 is 0 Å². The highest BCUT2D eigenvalue weighted by atomic mass is 32.1. The van der Waals surface area contributed by atoms with E-state index in [1.807, 2.05) is 0 Å². The van der Waals surface area contributed by atoms with Crippen molar-refractivity contribution < 1.29 is 9.84 Å². The molecule has 0 spiro atoms. The van der Waals surface area contributed by atoms with Gasteiger partial charge in [-0.3, -0.25) is 0 Å². The van der Waals surface area contributed by atoms with Crippen molar-refractivity contribution in [1.82, 2.24) is 15.0 Å². The number of aliphatic hydroxyl groups excluding tert-OH is 1. The number of nitrogen functional groups attached to an aromatic ring is 1. The topological polar surface area (TPSA) is 94.2 Å². The van der Waals surface area contributed by atoms with Gasteiger partial charge in [-0.25, -0.2) is 4.98 Å². The first-order chi connectivity index (χ1) is 6.79. The fraction of sp³-hybridized carbons (Fsp3) is 0.286. The van der Waals surface area contributed by atoms with Crippen molar-refractivity contribution in [2.75, 3.05) is 18.9 Å². The zero-order valence-electron chi connectivity index (χ0n) is 7.17. The number of hydrogen-bond donors (Lipinski definition) is 2. The largest absolute Gasteiger partial charge is 0.474 e. The fourth-order valence-electron chi connectivity index (χ4n) is 0.942. The number of aliphatic hydroxyl groups is 1. The van der Waals surface area contributed by atoms with Gasteiger partial charge in [0.25, 0.3) is 0 Å². The van der Waals surface area contributed by atoms with Gasteiger partial charge in [0.05, 0.1) is 12.8 Å². The van der Waals surface area contributed by atoms with E-state index in [1.165, 1.54) is 17.5 Å². The van der Waals surface area contributed by atoms with Gasteiger partial charge in [0.2, 0.25) is 5.88 Å². The third-order valence-corrected chi connectivity index (χ3v) is 2.23. The molecule has 0 atom stereocenters. The Labute approximate surface area is 83.4 Å². The van der Waals surface area contributed by atoms with Crippen molar-refractivity contribution in [2.24, 2.45) is 0 Å². The molecular weight excluding hydrogens is 204 g/mol. The molecule has 0 unspecified atom stereocenters. The second kappa shape index (κ2) is 3.72. The van der Waals surface area contributed by atoms with Gasteiger partial charge in [-0.1, -0.05) is 11.3 Å². The van der Waals surface area contributed by atoms with E-state index >= 15 is 0 Å². The molecule has 7 heteroatoms. The lowest BCUT2D eigenvalue weighted by Crippen LogP contribution is -2.03. The van der Waals surface area contributed by atoms with Crippen molar-refractivity contribution in [3.05, 3.63) is 6.20 Å². The van der Waals surface area contributed by atoms with Gasteiger partial charge in [-0.15, -0.1) is 0 Å². The van der Waals surface area contributed by atoms with E-state index in [2.05, 4.69) is 15.0 Å². The average Bonchev–Trinajstić information content (AvgIpc) is 2.54. The Morgan fingerprint density at radius 2 is 2.36 bits per heavy atom. The van der Waals surface area contributed by atoms with Crippen LogP contribution < -0.4 is 10.5 Å². The molecule has 0 bridgehead atoms. The van der Waals surface area contributed by atoms with Gasteiger partial charge in [-0.05, 0) is 0 Å². The lowest BCUT2D eigenvalue weighted by atomic mass is 10.7. The van der Waals surface area contributed by atoms with Crippen LogP contribution in [0.5, 0.6) is 5.88 Å². The number of thiazole rings is 1. The van der Waals surface area contributed by atoms with Crippen LogP contribution in [0.25, 0.3) is 10.5 Å². The number of aromatic nitrogens is 3. The predicted molar refractivity (Wildman–Crippen MR) is 52.2 cm³/mol. The Balaban J connectivity index is 2.31. The summed E-state index contributed by atoms with van der Waals surface area (Å²) in [6.07, 6.45) is 1.46. The SMILES string of the molecule is Nc1nc2ncc(OCCO)nc2s1.